The van der Waals surface area contributed by atoms with Crippen LogP contribution in [0.15, 0.2) is 36.5 Å². The predicted molar refractivity (Wildman–Crippen MR) is 224 cm³/mol. The number of allylic oxidation sites excluding steroid dienone is 5. The average Bonchev–Trinajstić information content (AvgIpc) is 3.63. The molecule has 0 aromatic rings. The standard InChI is InChI=1S/C51H79N3/c1-34-30-49(38-10-3-2-4-11-38)53-51(40-12-5-6-13-40)54-50(34)39-24-22-37(23-25-39)45-16-9-17-46(48-15-8-7-14-47(45)48)44-29-28-42-31-41(26-27-43(42)32-44)36-20-18-35(33-52)19-21-36/h3,7,10,14,28-29,34-51,53-54H,2,4-6,8-9,11-13,15-27,30-32H2,1H3. The van der Waals surface area contributed by atoms with Crippen molar-refractivity contribution in [3.8, 4) is 6.07 Å². The second-order valence-corrected chi connectivity index (χ2v) is 21.4. The summed E-state index contributed by atoms with van der Waals surface area (Å²) in [6.45, 7) is 2.63. The molecule has 6 fully saturated rings. The summed E-state index contributed by atoms with van der Waals surface area (Å²) < 4.78 is 0. The Labute approximate surface area is 331 Å². The van der Waals surface area contributed by atoms with Crippen molar-refractivity contribution in [3.63, 3.8) is 0 Å². The van der Waals surface area contributed by atoms with Crippen LogP contribution in [0.3, 0.4) is 0 Å². The van der Waals surface area contributed by atoms with Crippen molar-refractivity contribution in [3.05, 3.63) is 36.5 Å². The predicted octanol–water partition coefficient (Wildman–Crippen LogP) is 12.6. The van der Waals surface area contributed by atoms with Gasteiger partial charge < -0.3 is 0 Å². The molecular formula is C51H79N3. The maximum atomic E-state index is 9.42. The fourth-order valence-corrected chi connectivity index (χ4v) is 15.8. The van der Waals surface area contributed by atoms with E-state index in [1.807, 2.05) is 0 Å². The molecule has 0 radical (unpaired) electrons. The molecule has 0 aromatic carbocycles. The van der Waals surface area contributed by atoms with Gasteiger partial charge in [0.05, 0.1) is 12.2 Å². The van der Waals surface area contributed by atoms with Gasteiger partial charge in [0, 0.05) is 18.0 Å². The topological polar surface area (TPSA) is 47.8 Å². The van der Waals surface area contributed by atoms with Crippen LogP contribution in [0.2, 0.25) is 0 Å². The Morgan fingerprint density at radius 3 is 1.98 bits per heavy atom. The van der Waals surface area contributed by atoms with Crippen LogP contribution in [0.4, 0.5) is 0 Å². The Bertz CT molecular complexity index is 1330. The summed E-state index contributed by atoms with van der Waals surface area (Å²) >= 11 is 0. The van der Waals surface area contributed by atoms with Gasteiger partial charge in [-0.25, -0.2) is 0 Å². The molecule has 9 rings (SSSR count). The van der Waals surface area contributed by atoms with Crippen molar-refractivity contribution in [1.82, 2.24) is 10.6 Å². The van der Waals surface area contributed by atoms with Crippen LogP contribution >= 0.6 is 0 Å². The molecule has 5 saturated carbocycles. The van der Waals surface area contributed by atoms with Gasteiger partial charge in [0.15, 0.2) is 0 Å². The SMILES string of the molecule is CC1CC(C2C=CCCC2)NC(C2CCCC2)NC1C1CCC(C2CCCC(C3C=CC4CC(C5CCC(C#N)CC5)CCC4C3)C3CCC=CC23)CC1. The molecule has 1 aliphatic heterocycles. The second kappa shape index (κ2) is 17.6. The highest BCUT2D eigenvalue weighted by atomic mass is 15.2. The van der Waals surface area contributed by atoms with Crippen molar-refractivity contribution in [2.24, 2.45) is 88.8 Å². The summed E-state index contributed by atoms with van der Waals surface area (Å²) in [5.74, 6) is 12.5. The minimum Gasteiger partial charge on any atom is -0.298 e. The molecule has 0 bridgehead atoms. The molecule has 13 unspecified atom stereocenters. The van der Waals surface area contributed by atoms with Gasteiger partial charge in [-0.2, -0.15) is 5.26 Å². The van der Waals surface area contributed by atoms with E-state index in [1.165, 1.54) is 161 Å². The number of nitriles is 1. The van der Waals surface area contributed by atoms with Gasteiger partial charge in [0.1, 0.15) is 0 Å². The van der Waals surface area contributed by atoms with Gasteiger partial charge in [-0.3, -0.25) is 10.6 Å². The second-order valence-electron chi connectivity index (χ2n) is 21.4. The molecule has 3 nitrogen and oxygen atoms in total. The van der Waals surface area contributed by atoms with Crippen molar-refractivity contribution < 1.29 is 0 Å². The van der Waals surface area contributed by atoms with Gasteiger partial charge >= 0.3 is 0 Å². The zero-order chi connectivity index (χ0) is 36.4. The summed E-state index contributed by atoms with van der Waals surface area (Å²) in [7, 11) is 0. The smallest absolute Gasteiger partial charge is 0.0655 e. The molecule has 0 amide bonds. The largest absolute Gasteiger partial charge is 0.298 e. The summed E-state index contributed by atoms with van der Waals surface area (Å²) in [5.41, 5.74) is 0. The van der Waals surface area contributed by atoms with Crippen molar-refractivity contribution in [1.29, 1.82) is 5.26 Å². The van der Waals surface area contributed by atoms with Crippen LogP contribution < -0.4 is 10.6 Å². The maximum Gasteiger partial charge on any atom is 0.0655 e. The first kappa shape index (κ1) is 38.2. The molecule has 8 aliphatic carbocycles. The van der Waals surface area contributed by atoms with Gasteiger partial charge in [-0.1, -0.05) is 62.6 Å². The average molecular weight is 734 g/mol. The molecule has 1 saturated heterocycles. The normalized spacial score (nSPS) is 48.9. The molecule has 0 aromatic heterocycles. The minimum atomic E-state index is 0.344. The molecule has 54 heavy (non-hydrogen) atoms. The fraction of sp³-hybridized carbons (Fsp3) is 0.863. The quantitative estimate of drug-likeness (QED) is 0.267. The molecule has 2 N–H and O–H groups in total. The van der Waals surface area contributed by atoms with Crippen LogP contribution in [0, 0.1) is 100 Å². The Balaban J connectivity index is 0.827. The van der Waals surface area contributed by atoms with E-state index in [0.29, 0.717) is 24.2 Å². The molecule has 1 heterocycles. The molecule has 9 aliphatic rings. The summed E-state index contributed by atoms with van der Waals surface area (Å²) in [6, 6.07) is 3.92. The van der Waals surface area contributed by atoms with E-state index >= 15 is 0 Å². The number of nitrogens with one attached hydrogen (secondary N) is 2. The molecule has 0 spiro atoms. The number of hydrogen-bond acceptors (Lipinski definition) is 3. The van der Waals surface area contributed by atoms with Crippen LogP contribution in [0.5, 0.6) is 0 Å². The molecular weight excluding hydrogens is 655 g/mol. The van der Waals surface area contributed by atoms with E-state index in [2.05, 4.69) is 60.1 Å². The number of fused-ring (bicyclic) bond motifs is 2. The van der Waals surface area contributed by atoms with E-state index in [-0.39, 0.29) is 0 Å². The summed E-state index contributed by atoms with van der Waals surface area (Å²) in [4.78, 5) is 0. The summed E-state index contributed by atoms with van der Waals surface area (Å²) in [6.07, 6.45) is 51.8. The maximum absolute atomic E-state index is 9.42. The Kier molecular flexibility index (Phi) is 12.5. The molecule has 298 valence electrons. The summed E-state index contributed by atoms with van der Waals surface area (Å²) in [5, 5.41) is 18.1. The van der Waals surface area contributed by atoms with Gasteiger partial charge in [0.2, 0.25) is 0 Å². The highest BCUT2D eigenvalue weighted by Gasteiger charge is 2.46. The lowest BCUT2D eigenvalue weighted by Gasteiger charge is -2.47. The lowest BCUT2D eigenvalue weighted by atomic mass is 9.59. The van der Waals surface area contributed by atoms with Crippen LogP contribution in [0.25, 0.3) is 0 Å². The van der Waals surface area contributed by atoms with E-state index in [0.717, 1.165) is 82.9 Å². The monoisotopic (exact) mass is 734 g/mol. The first-order valence-electron chi connectivity index (χ1n) is 24.5. The minimum absolute atomic E-state index is 0.344. The van der Waals surface area contributed by atoms with Crippen molar-refractivity contribution >= 4 is 0 Å². The third-order valence-electron chi connectivity index (χ3n) is 18.7. The van der Waals surface area contributed by atoms with E-state index < -0.39 is 0 Å². The molecule has 3 heteroatoms. The Morgan fingerprint density at radius 2 is 1.19 bits per heavy atom. The first-order valence-corrected chi connectivity index (χ1v) is 24.5. The van der Waals surface area contributed by atoms with Crippen molar-refractivity contribution in [2.45, 2.75) is 186 Å². The van der Waals surface area contributed by atoms with Crippen LogP contribution in [-0.4, -0.2) is 18.2 Å². The van der Waals surface area contributed by atoms with Gasteiger partial charge in [-0.15, -0.1) is 0 Å². The highest BCUT2D eigenvalue weighted by molar-refractivity contribution is 5.11. The Hall–Kier alpha value is -1.37. The van der Waals surface area contributed by atoms with E-state index in [9.17, 15) is 5.26 Å². The third-order valence-corrected chi connectivity index (χ3v) is 18.7. The number of hydrogen-bond donors (Lipinski definition) is 2. The van der Waals surface area contributed by atoms with E-state index in [4.69, 9.17) is 0 Å². The highest BCUT2D eigenvalue weighted by Crippen LogP contribution is 2.54. The number of rotatable bonds is 6. The fourth-order valence-electron chi connectivity index (χ4n) is 15.8. The lowest BCUT2D eigenvalue weighted by molar-refractivity contribution is 0.0733. The zero-order valence-electron chi connectivity index (χ0n) is 34.5. The third kappa shape index (κ3) is 8.29. The van der Waals surface area contributed by atoms with Crippen molar-refractivity contribution in [2.75, 3.05) is 0 Å². The Morgan fingerprint density at radius 1 is 0.481 bits per heavy atom. The van der Waals surface area contributed by atoms with Crippen LogP contribution in [-0.2, 0) is 0 Å². The number of nitrogens with zero attached hydrogens (tertiary/aromatic N) is 1. The zero-order valence-corrected chi connectivity index (χ0v) is 34.5. The van der Waals surface area contributed by atoms with Crippen LogP contribution in [0.1, 0.15) is 167 Å². The lowest BCUT2D eigenvalue weighted by Crippen LogP contribution is -2.55. The van der Waals surface area contributed by atoms with Gasteiger partial charge in [0.25, 0.3) is 0 Å². The molecule has 13 atom stereocenters. The van der Waals surface area contributed by atoms with Gasteiger partial charge in [-0.05, 0) is 224 Å². The first-order chi connectivity index (χ1) is 26.6. The van der Waals surface area contributed by atoms with E-state index in [1.54, 1.807) is 0 Å².